The van der Waals surface area contributed by atoms with Gasteiger partial charge in [-0.25, -0.2) is 0 Å². The zero-order valence-corrected chi connectivity index (χ0v) is 18.2. The molecule has 0 bridgehead atoms. The van der Waals surface area contributed by atoms with Gasteiger partial charge in [-0.3, -0.25) is 4.79 Å². The molecule has 0 spiro atoms. The molecule has 1 aliphatic carbocycles. The summed E-state index contributed by atoms with van der Waals surface area (Å²) in [6.07, 6.45) is 10.3. The van der Waals surface area contributed by atoms with Crippen molar-refractivity contribution in [2.75, 3.05) is 6.61 Å². The standard InChI is InChI=1S/C25H36O5/c1-18(2)29-25(27)16-14-22-9-6-10-23-19(12-15-24(23)30-22)11-13-20(26)17-28-21-7-4-3-5-8-21/h3-5,7-8,11,13,18-20,22-24,26H,6,9-10,12,14-17H2,1-2H3/b13-11+/t19-,20+,22+,23+,24-/m0/s1. The van der Waals surface area contributed by atoms with Crippen molar-refractivity contribution in [3.05, 3.63) is 42.5 Å². The Morgan fingerprint density at radius 1 is 1.20 bits per heavy atom. The summed E-state index contributed by atoms with van der Waals surface area (Å²) < 4.78 is 17.3. The summed E-state index contributed by atoms with van der Waals surface area (Å²) in [5, 5.41) is 10.3. The van der Waals surface area contributed by atoms with E-state index in [2.05, 4.69) is 6.08 Å². The predicted molar refractivity (Wildman–Crippen MR) is 116 cm³/mol. The molecule has 1 aromatic rings. The van der Waals surface area contributed by atoms with Crippen molar-refractivity contribution >= 4 is 5.97 Å². The largest absolute Gasteiger partial charge is 0.491 e. The smallest absolute Gasteiger partial charge is 0.306 e. The first-order valence-corrected chi connectivity index (χ1v) is 11.4. The average Bonchev–Trinajstić information content (AvgIpc) is 2.98. The maximum absolute atomic E-state index is 11.8. The molecule has 5 atom stereocenters. The quantitative estimate of drug-likeness (QED) is 0.468. The molecule has 3 rings (SSSR count). The lowest BCUT2D eigenvalue weighted by Crippen LogP contribution is -2.25. The van der Waals surface area contributed by atoms with Crippen LogP contribution in [0.5, 0.6) is 5.75 Å². The SMILES string of the molecule is CC(C)OC(=O)CC[C@H]1CCC[C@H]2[C@H](CC[C@@H]2/C=C/[C@@H](O)COc2ccccc2)O1. The molecule has 0 radical (unpaired) electrons. The van der Waals surface area contributed by atoms with Crippen molar-refractivity contribution in [2.45, 2.75) is 83.2 Å². The molecule has 1 saturated heterocycles. The fourth-order valence-electron chi connectivity index (χ4n) is 4.60. The third-order valence-corrected chi connectivity index (χ3v) is 6.02. The van der Waals surface area contributed by atoms with Gasteiger partial charge in [0.05, 0.1) is 18.3 Å². The molecule has 166 valence electrons. The van der Waals surface area contributed by atoms with Gasteiger partial charge in [0, 0.05) is 6.42 Å². The van der Waals surface area contributed by atoms with Crippen molar-refractivity contribution in [1.82, 2.24) is 0 Å². The van der Waals surface area contributed by atoms with Gasteiger partial charge in [0.1, 0.15) is 18.5 Å². The monoisotopic (exact) mass is 416 g/mol. The Morgan fingerprint density at radius 3 is 2.77 bits per heavy atom. The lowest BCUT2D eigenvalue weighted by Gasteiger charge is -2.23. The first kappa shape index (κ1) is 22.8. The van der Waals surface area contributed by atoms with Crippen LogP contribution >= 0.6 is 0 Å². The van der Waals surface area contributed by atoms with Crippen LogP contribution in [0, 0.1) is 11.8 Å². The Balaban J connectivity index is 1.43. The number of hydrogen-bond donors (Lipinski definition) is 1. The minimum atomic E-state index is -0.615. The van der Waals surface area contributed by atoms with Crippen LogP contribution in [-0.2, 0) is 14.3 Å². The van der Waals surface area contributed by atoms with E-state index in [1.165, 1.54) is 0 Å². The van der Waals surface area contributed by atoms with Crippen LogP contribution < -0.4 is 4.74 Å². The molecule has 0 unspecified atom stereocenters. The lowest BCUT2D eigenvalue weighted by atomic mass is 9.89. The van der Waals surface area contributed by atoms with Crippen LogP contribution in [-0.4, -0.2) is 42.1 Å². The van der Waals surface area contributed by atoms with Gasteiger partial charge in [0.25, 0.3) is 0 Å². The fraction of sp³-hybridized carbons (Fsp3) is 0.640. The number of ether oxygens (including phenoxy) is 3. The molecule has 2 aliphatic rings. The van der Waals surface area contributed by atoms with E-state index >= 15 is 0 Å². The van der Waals surface area contributed by atoms with E-state index in [1.54, 1.807) is 0 Å². The van der Waals surface area contributed by atoms with Gasteiger partial charge in [0.15, 0.2) is 0 Å². The Bertz CT molecular complexity index is 671. The Kier molecular flexibility index (Phi) is 8.76. The Labute approximate surface area is 180 Å². The first-order chi connectivity index (χ1) is 14.5. The molecule has 1 heterocycles. The van der Waals surface area contributed by atoms with Gasteiger partial charge >= 0.3 is 5.97 Å². The van der Waals surface area contributed by atoms with Gasteiger partial charge in [-0.2, -0.15) is 0 Å². The molecule has 1 aliphatic heterocycles. The second kappa shape index (κ2) is 11.5. The summed E-state index contributed by atoms with van der Waals surface area (Å²) in [7, 11) is 0. The van der Waals surface area contributed by atoms with Gasteiger partial charge in [-0.15, -0.1) is 0 Å². The van der Waals surface area contributed by atoms with Gasteiger partial charge < -0.3 is 19.3 Å². The molecule has 1 saturated carbocycles. The van der Waals surface area contributed by atoms with E-state index in [9.17, 15) is 9.90 Å². The van der Waals surface area contributed by atoms with Gasteiger partial charge in [0.2, 0.25) is 0 Å². The average molecular weight is 417 g/mol. The number of carbonyl (C=O) groups is 1. The molecule has 0 aromatic heterocycles. The van der Waals surface area contributed by atoms with Crippen molar-refractivity contribution in [3.8, 4) is 5.75 Å². The lowest BCUT2D eigenvalue weighted by molar-refractivity contribution is -0.148. The predicted octanol–water partition coefficient (Wildman–Crippen LogP) is 4.68. The second-order valence-electron chi connectivity index (χ2n) is 8.79. The number of esters is 1. The number of aliphatic hydroxyl groups excluding tert-OH is 1. The van der Waals surface area contributed by atoms with Crippen LogP contribution in [0.4, 0.5) is 0 Å². The number of carbonyl (C=O) groups excluding carboxylic acids is 1. The van der Waals surface area contributed by atoms with Crippen LogP contribution in [0.2, 0.25) is 0 Å². The Hall–Kier alpha value is -1.85. The van der Waals surface area contributed by atoms with Crippen molar-refractivity contribution in [2.24, 2.45) is 11.8 Å². The van der Waals surface area contributed by atoms with E-state index in [-0.39, 0.29) is 30.9 Å². The number of benzene rings is 1. The number of para-hydroxylation sites is 1. The molecular formula is C25H36O5. The van der Waals surface area contributed by atoms with E-state index in [0.717, 1.165) is 44.3 Å². The fourth-order valence-corrected chi connectivity index (χ4v) is 4.60. The minimum Gasteiger partial charge on any atom is -0.491 e. The molecule has 1 N–H and O–H groups in total. The number of fused-ring (bicyclic) bond motifs is 1. The highest BCUT2D eigenvalue weighted by Crippen LogP contribution is 2.41. The molecule has 5 nitrogen and oxygen atoms in total. The van der Waals surface area contributed by atoms with Crippen LogP contribution in [0.3, 0.4) is 0 Å². The van der Waals surface area contributed by atoms with Crippen LogP contribution in [0.15, 0.2) is 42.5 Å². The molecule has 30 heavy (non-hydrogen) atoms. The zero-order chi connectivity index (χ0) is 21.3. The highest BCUT2D eigenvalue weighted by Gasteiger charge is 2.38. The van der Waals surface area contributed by atoms with Crippen molar-refractivity contribution in [1.29, 1.82) is 0 Å². The Morgan fingerprint density at radius 2 is 2.00 bits per heavy atom. The molecular weight excluding hydrogens is 380 g/mol. The summed E-state index contributed by atoms with van der Waals surface area (Å²) in [6.45, 7) is 4.01. The topological polar surface area (TPSA) is 65.0 Å². The molecule has 0 amide bonds. The normalized spacial score (nSPS) is 27.6. The minimum absolute atomic E-state index is 0.0623. The van der Waals surface area contributed by atoms with E-state index in [1.807, 2.05) is 50.3 Å². The number of aliphatic hydroxyl groups is 1. The summed E-state index contributed by atoms with van der Waals surface area (Å²) >= 11 is 0. The maximum Gasteiger partial charge on any atom is 0.306 e. The van der Waals surface area contributed by atoms with E-state index in [4.69, 9.17) is 14.2 Å². The first-order valence-electron chi connectivity index (χ1n) is 11.4. The summed E-state index contributed by atoms with van der Waals surface area (Å²) in [6, 6.07) is 9.56. The summed E-state index contributed by atoms with van der Waals surface area (Å²) in [4.78, 5) is 11.8. The number of rotatable bonds is 9. The molecule has 2 fully saturated rings. The zero-order valence-electron chi connectivity index (χ0n) is 18.2. The van der Waals surface area contributed by atoms with Crippen molar-refractivity contribution < 1.29 is 24.1 Å². The van der Waals surface area contributed by atoms with Crippen molar-refractivity contribution in [3.63, 3.8) is 0 Å². The summed E-state index contributed by atoms with van der Waals surface area (Å²) in [5.41, 5.74) is 0. The maximum atomic E-state index is 11.8. The molecule has 1 aromatic carbocycles. The van der Waals surface area contributed by atoms with Crippen LogP contribution in [0.25, 0.3) is 0 Å². The number of allylic oxidation sites excluding steroid dienone is 1. The third kappa shape index (κ3) is 7.13. The third-order valence-electron chi connectivity index (χ3n) is 6.02. The van der Waals surface area contributed by atoms with E-state index in [0.29, 0.717) is 18.3 Å². The molecule has 5 heteroatoms. The highest BCUT2D eigenvalue weighted by atomic mass is 16.5. The van der Waals surface area contributed by atoms with Gasteiger partial charge in [-0.1, -0.05) is 36.8 Å². The van der Waals surface area contributed by atoms with E-state index < -0.39 is 6.10 Å². The van der Waals surface area contributed by atoms with Crippen LogP contribution in [0.1, 0.15) is 58.8 Å². The van der Waals surface area contributed by atoms with Gasteiger partial charge in [-0.05, 0) is 69.9 Å². The highest BCUT2D eigenvalue weighted by molar-refractivity contribution is 5.69. The summed E-state index contributed by atoms with van der Waals surface area (Å²) in [5.74, 6) is 1.57. The number of hydrogen-bond acceptors (Lipinski definition) is 5. The second-order valence-corrected chi connectivity index (χ2v) is 8.79.